The highest BCUT2D eigenvalue weighted by molar-refractivity contribution is 7.19. The predicted molar refractivity (Wildman–Crippen MR) is 169 cm³/mol. The number of aliphatic hydroxyl groups excluding tert-OH is 1. The number of fused-ring (bicyclic) bond motifs is 1. The van der Waals surface area contributed by atoms with Crippen LogP contribution in [0.25, 0.3) is 21.3 Å². The van der Waals surface area contributed by atoms with Crippen LogP contribution in [0.5, 0.6) is 0 Å². The number of aromatic nitrogens is 2. The largest absolute Gasteiger partial charge is 0.443 e. The van der Waals surface area contributed by atoms with E-state index in [0.717, 1.165) is 21.2 Å². The van der Waals surface area contributed by atoms with Gasteiger partial charge in [-0.2, -0.15) is 4.90 Å². The number of aliphatic hydroxyl groups is 2. The summed E-state index contributed by atoms with van der Waals surface area (Å²) in [5.41, 5.74) is -0.560. The minimum Gasteiger partial charge on any atom is -0.443 e. The van der Waals surface area contributed by atoms with Crippen LogP contribution in [0.2, 0.25) is 5.02 Å². The molecule has 0 saturated heterocycles. The number of ether oxygens (including phenoxy) is 2. The molecule has 0 aliphatic heterocycles. The Bertz CT molecular complexity index is 1640. The molecule has 1 aromatic carbocycles. The number of carbonyl (C=O) groups is 2. The van der Waals surface area contributed by atoms with E-state index in [-0.39, 0.29) is 16.5 Å². The molecular weight excluding hydrogens is 590 g/mol. The van der Waals surface area contributed by atoms with Gasteiger partial charge in [0.05, 0.1) is 22.0 Å². The maximum atomic E-state index is 13.1. The zero-order valence-electron chi connectivity index (χ0n) is 25.4. The van der Waals surface area contributed by atoms with E-state index in [1.807, 2.05) is 30.3 Å². The molecule has 0 spiro atoms. The maximum Gasteiger partial charge on any atom is 0.425 e. The van der Waals surface area contributed by atoms with E-state index in [9.17, 15) is 19.8 Å². The highest BCUT2D eigenvalue weighted by atomic mass is 35.5. The molecule has 0 saturated carbocycles. The van der Waals surface area contributed by atoms with Crippen LogP contribution in [0, 0.1) is 0 Å². The smallest absolute Gasteiger partial charge is 0.425 e. The van der Waals surface area contributed by atoms with E-state index < -0.39 is 35.1 Å². The molecule has 1 atom stereocenters. The van der Waals surface area contributed by atoms with Gasteiger partial charge in [-0.15, -0.1) is 11.3 Å². The van der Waals surface area contributed by atoms with Crippen molar-refractivity contribution in [2.75, 3.05) is 4.90 Å². The van der Waals surface area contributed by atoms with Gasteiger partial charge in [0.1, 0.15) is 23.1 Å². The Balaban J connectivity index is 1.76. The Labute approximate surface area is 260 Å². The molecule has 4 aromatic rings. The van der Waals surface area contributed by atoms with Crippen LogP contribution >= 0.6 is 22.9 Å². The first-order chi connectivity index (χ1) is 19.8. The predicted octanol–water partition coefficient (Wildman–Crippen LogP) is 8.00. The number of benzene rings is 1. The van der Waals surface area contributed by atoms with Gasteiger partial charge < -0.3 is 19.7 Å². The van der Waals surface area contributed by atoms with Gasteiger partial charge in [0, 0.05) is 21.3 Å². The molecule has 0 radical (unpaired) electrons. The monoisotopic (exact) mass is 625 g/mol. The fraction of sp³-hybridized carbons (Fsp3) is 0.375. The summed E-state index contributed by atoms with van der Waals surface area (Å²) in [5.74, 6) is -0.114. The fourth-order valence-corrected chi connectivity index (χ4v) is 5.53. The van der Waals surface area contributed by atoms with Gasteiger partial charge in [0.2, 0.25) is 0 Å². The van der Waals surface area contributed by atoms with Crippen LogP contribution < -0.4 is 4.90 Å². The summed E-state index contributed by atoms with van der Waals surface area (Å²) in [6, 6.07) is 14.0. The molecule has 0 bridgehead atoms. The molecule has 3 heterocycles. The minimum atomic E-state index is -1.28. The van der Waals surface area contributed by atoms with Gasteiger partial charge in [-0.3, -0.25) is 4.98 Å². The van der Waals surface area contributed by atoms with Crippen molar-refractivity contribution < 1.29 is 29.3 Å². The molecule has 0 aliphatic rings. The molecule has 2 amide bonds. The molecule has 9 nitrogen and oxygen atoms in total. The van der Waals surface area contributed by atoms with E-state index in [1.54, 1.807) is 67.7 Å². The summed E-state index contributed by atoms with van der Waals surface area (Å²) in [6.45, 7) is 13.5. The first kappa shape index (κ1) is 32.3. The first-order valence-corrected chi connectivity index (χ1v) is 14.9. The second kappa shape index (κ2) is 11.8. The molecule has 0 fully saturated rings. The molecule has 43 heavy (non-hydrogen) atoms. The quantitative estimate of drug-likeness (QED) is 0.229. The lowest BCUT2D eigenvalue weighted by Crippen LogP contribution is -2.44. The van der Waals surface area contributed by atoms with E-state index >= 15 is 0 Å². The van der Waals surface area contributed by atoms with Crippen LogP contribution in [0.1, 0.15) is 77.6 Å². The van der Waals surface area contributed by atoms with E-state index in [2.05, 4.69) is 9.97 Å². The van der Waals surface area contributed by atoms with Gasteiger partial charge in [-0.25, -0.2) is 14.6 Å². The molecule has 4 rings (SSSR count). The van der Waals surface area contributed by atoms with Crippen molar-refractivity contribution in [3.8, 4) is 11.3 Å². The van der Waals surface area contributed by atoms with Crippen LogP contribution in [0.4, 0.5) is 15.4 Å². The molecule has 0 aliphatic carbocycles. The third kappa shape index (κ3) is 7.69. The zero-order chi connectivity index (χ0) is 31.9. The minimum absolute atomic E-state index is 0.0477. The Morgan fingerprint density at radius 3 is 2.14 bits per heavy atom. The normalized spacial score (nSPS) is 13.1. The molecule has 1 unspecified atom stereocenters. The van der Waals surface area contributed by atoms with E-state index in [0.29, 0.717) is 15.5 Å². The number of carbonyl (C=O) groups excluding carboxylic acids is 2. The number of pyridine rings is 2. The van der Waals surface area contributed by atoms with Gasteiger partial charge >= 0.3 is 12.2 Å². The number of nitrogens with zero attached hydrogens (tertiary/aromatic N) is 3. The zero-order valence-corrected chi connectivity index (χ0v) is 27.0. The number of amides is 2. The van der Waals surface area contributed by atoms with Gasteiger partial charge in [-0.1, -0.05) is 29.8 Å². The molecule has 3 aromatic heterocycles. The van der Waals surface area contributed by atoms with Gasteiger partial charge in [-0.05, 0) is 96.7 Å². The second-order valence-electron chi connectivity index (χ2n) is 12.6. The number of hydrogen-bond acceptors (Lipinski definition) is 9. The third-order valence-electron chi connectivity index (χ3n) is 6.07. The van der Waals surface area contributed by atoms with Crippen LogP contribution in [-0.4, -0.2) is 43.6 Å². The average Bonchev–Trinajstić information content (AvgIpc) is 3.31. The fourth-order valence-electron chi connectivity index (χ4n) is 4.15. The Hall–Kier alpha value is -3.57. The number of halogens is 1. The summed E-state index contributed by atoms with van der Waals surface area (Å²) in [6.07, 6.45) is -1.60. The van der Waals surface area contributed by atoms with Crippen molar-refractivity contribution >= 4 is 51.0 Å². The molecule has 228 valence electrons. The highest BCUT2D eigenvalue weighted by Gasteiger charge is 2.34. The van der Waals surface area contributed by atoms with E-state index in [4.69, 9.17) is 21.1 Å². The van der Waals surface area contributed by atoms with Gasteiger partial charge in [0.25, 0.3) is 0 Å². The number of hydrogen-bond donors (Lipinski definition) is 2. The van der Waals surface area contributed by atoms with Crippen molar-refractivity contribution in [3.63, 3.8) is 0 Å². The van der Waals surface area contributed by atoms with Crippen molar-refractivity contribution in [2.45, 2.75) is 78.3 Å². The lowest BCUT2D eigenvalue weighted by molar-refractivity contribution is 0.0428. The lowest BCUT2D eigenvalue weighted by Gasteiger charge is -2.28. The number of anilines is 1. The first-order valence-electron chi connectivity index (χ1n) is 13.7. The topological polar surface area (TPSA) is 122 Å². The lowest BCUT2D eigenvalue weighted by atomic mass is 9.97. The SMILES string of the molecule is CC(C)(C)OC(=O)N(C(=O)OC(C)(C)C)c1ccc(Cl)c(C(O)c2cc3cccc(-c4cc(C(C)(C)O)ccn4)c3s2)n1. The van der Waals surface area contributed by atoms with Gasteiger partial charge in [0.15, 0.2) is 0 Å². The summed E-state index contributed by atoms with van der Waals surface area (Å²) >= 11 is 7.84. The Morgan fingerprint density at radius 2 is 1.56 bits per heavy atom. The Kier molecular flexibility index (Phi) is 8.91. The van der Waals surface area contributed by atoms with Crippen LogP contribution in [0.15, 0.2) is 54.7 Å². The van der Waals surface area contributed by atoms with Crippen molar-refractivity contribution in [1.29, 1.82) is 0 Å². The third-order valence-corrected chi connectivity index (χ3v) is 7.63. The Morgan fingerprint density at radius 1 is 0.930 bits per heavy atom. The van der Waals surface area contributed by atoms with Crippen LogP contribution in [-0.2, 0) is 15.1 Å². The highest BCUT2D eigenvalue weighted by Crippen LogP contribution is 2.40. The summed E-state index contributed by atoms with van der Waals surface area (Å²) in [7, 11) is 0. The summed E-state index contributed by atoms with van der Waals surface area (Å²) in [4.78, 5) is 36.5. The van der Waals surface area contributed by atoms with E-state index in [1.165, 1.54) is 23.5 Å². The number of thiophene rings is 1. The van der Waals surface area contributed by atoms with Crippen LogP contribution in [0.3, 0.4) is 0 Å². The number of rotatable bonds is 5. The second-order valence-corrected chi connectivity index (χ2v) is 14.1. The summed E-state index contributed by atoms with van der Waals surface area (Å²) < 4.78 is 11.8. The standard InChI is InChI=1S/C32H36ClN3O6S/c1-30(2,3)41-28(38)36(29(39)42-31(4,5)6)24-13-12-21(33)25(35-24)26(37)23-16-18-10-9-11-20(27(18)43-23)22-17-19(14-15-34-22)32(7,8)40/h9-17,26,37,40H,1-8H3. The summed E-state index contributed by atoms with van der Waals surface area (Å²) in [5, 5.41) is 23.0. The van der Waals surface area contributed by atoms with Crippen molar-refractivity contribution in [2.24, 2.45) is 0 Å². The molecule has 11 heteroatoms. The molecular formula is C32H36ClN3O6S. The number of imide groups is 1. The van der Waals surface area contributed by atoms with Crippen molar-refractivity contribution in [1.82, 2.24) is 9.97 Å². The molecule has 2 N–H and O–H groups in total. The van der Waals surface area contributed by atoms with Crippen molar-refractivity contribution in [3.05, 3.63) is 75.9 Å². The average molecular weight is 626 g/mol. The maximum absolute atomic E-state index is 13.1.